The number of anilines is 2. The smallest absolute Gasteiger partial charge is 0.219 e. The Hall–Kier alpha value is -2.70. The molecule has 0 fully saturated rings. The van der Waals surface area contributed by atoms with Gasteiger partial charge in [0.2, 0.25) is 11.6 Å². The molecule has 6 nitrogen and oxygen atoms in total. The van der Waals surface area contributed by atoms with Crippen molar-refractivity contribution in [2.75, 3.05) is 10.6 Å². The fourth-order valence-corrected chi connectivity index (χ4v) is 3.40. The van der Waals surface area contributed by atoms with Crippen molar-refractivity contribution in [2.45, 2.75) is 32.7 Å². The number of rotatable bonds is 1. The Morgan fingerprint density at radius 2 is 1.88 bits per heavy atom. The summed E-state index contributed by atoms with van der Waals surface area (Å²) in [7, 11) is 0. The maximum Gasteiger partial charge on any atom is 0.219 e. The summed E-state index contributed by atoms with van der Waals surface area (Å²) in [5.41, 5.74) is 2.11. The van der Waals surface area contributed by atoms with Gasteiger partial charge in [0.1, 0.15) is 5.82 Å². The maximum absolute atomic E-state index is 13.3. The zero-order valence-corrected chi connectivity index (χ0v) is 13.4. The molecule has 0 radical (unpaired) electrons. The molecule has 7 heteroatoms. The average molecular weight is 328 g/mol. The minimum atomic E-state index is -0.426. The largest absolute Gasteiger partial charge is 0.353 e. The van der Waals surface area contributed by atoms with Crippen LogP contribution in [0.15, 0.2) is 40.2 Å². The van der Waals surface area contributed by atoms with Crippen molar-refractivity contribution in [3.8, 4) is 0 Å². The summed E-state index contributed by atoms with van der Waals surface area (Å²) >= 11 is 0. The molecule has 2 aromatic rings. The lowest BCUT2D eigenvalue weighted by Gasteiger charge is -2.33. The molecule has 1 unspecified atom stereocenters. The molecule has 2 aliphatic rings. The van der Waals surface area contributed by atoms with Gasteiger partial charge < -0.3 is 10.6 Å². The second kappa shape index (κ2) is 5.15. The summed E-state index contributed by atoms with van der Waals surface area (Å²) < 4.78 is 18.1. The third-order valence-corrected chi connectivity index (χ3v) is 4.45. The number of benzene rings is 1. The SMILES string of the molecule is CC1(C)CC(=O)C2=C(C1)Nc1nonc1NC2c1ccc(F)cc1. The number of allylic oxidation sites excluding steroid dienone is 1. The molecular formula is C17H17FN4O2. The van der Waals surface area contributed by atoms with Crippen molar-refractivity contribution < 1.29 is 13.8 Å². The fourth-order valence-electron chi connectivity index (χ4n) is 3.40. The van der Waals surface area contributed by atoms with Crippen LogP contribution in [0.2, 0.25) is 0 Å². The standard InChI is InChI=1S/C17H17FN4O2/c1-17(2)7-11-13(12(23)8-17)14(9-3-5-10(18)6-4-9)20-16-15(19-11)21-24-22-16/h3-6,14H,7-8H2,1-2H3,(H,19,21)(H,20,22). The molecule has 1 atom stereocenters. The van der Waals surface area contributed by atoms with Crippen molar-refractivity contribution in [2.24, 2.45) is 5.41 Å². The lowest BCUT2D eigenvalue weighted by atomic mass is 9.73. The highest BCUT2D eigenvalue weighted by atomic mass is 19.1. The summed E-state index contributed by atoms with van der Waals surface area (Å²) in [6, 6.07) is 5.68. The Balaban J connectivity index is 1.86. The number of hydrogen-bond donors (Lipinski definition) is 2. The van der Waals surface area contributed by atoms with Gasteiger partial charge in [-0.15, -0.1) is 0 Å². The second-order valence-corrected chi connectivity index (χ2v) is 7.05. The van der Waals surface area contributed by atoms with Crippen LogP contribution in [-0.4, -0.2) is 16.1 Å². The van der Waals surface area contributed by atoms with Crippen LogP contribution < -0.4 is 10.6 Å². The Morgan fingerprint density at radius 1 is 1.17 bits per heavy atom. The van der Waals surface area contributed by atoms with Gasteiger partial charge in [-0.2, -0.15) is 0 Å². The molecule has 1 aliphatic heterocycles. The van der Waals surface area contributed by atoms with E-state index < -0.39 is 6.04 Å². The van der Waals surface area contributed by atoms with Gasteiger partial charge in [-0.05, 0) is 39.8 Å². The van der Waals surface area contributed by atoms with Crippen LogP contribution in [-0.2, 0) is 4.79 Å². The van der Waals surface area contributed by atoms with Gasteiger partial charge in [0.05, 0.1) is 6.04 Å². The minimum Gasteiger partial charge on any atom is -0.353 e. The molecule has 4 rings (SSSR count). The van der Waals surface area contributed by atoms with Gasteiger partial charge in [-0.1, -0.05) is 26.0 Å². The average Bonchev–Trinajstić information content (AvgIpc) is 2.86. The summed E-state index contributed by atoms with van der Waals surface area (Å²) in [4.78, 5) is 12.8. The molecule has 2 N–H and O–H groups in total. The number of carbonyl (C=O) groups is 1. The van der Waals surface area contributed by atoms with Crippen LogP contribution in [0.1, 0.15) is 38.3 Å². The Bertz CT molecular complexity index is 839. The highest BCUT2D eigenvalue weighted by Gasteiger charge is 2.39. The van der Waals surface area contributed by atoms with Gasteiger partial charge >= 0.3 is 0 Å². The number of fused-ring (bicyclic) bond motifs is 1. The van der Waals surface area contributed by atoms with Crippen molar-refractivity contribution in [3.05, 3.63) is 46.9 Å². The van der Waals surface area contributed by atoms with Gasteiger partial charge in [-0.3, -0.25) is 4.79 Å². The molecular weight excluding hydrogens is 311 g/mol. The number of ketones is 1. The zero-order valence-electron chi connectivity index (χ0n) is 13.4. The molecule has 1 aromatic carbocycles. The first kappa shape index (κ1) is 14.9. The first-order chi connectivity index (χ1) is 11.4. The number of halogens is 1. The highest BCUT2D eigenvalue weighted by Crippen LogP contribution is 2.44. The monoisotopic (exact) mass is 328 g/mol. The van der Waals surface area contributed by atoms with E-state index in [9.17, 15) is 9.18 Å². The van der Waals surface area contributed by atoms with Crippen LogP contribution in [0.4, 0.5) is 16.0 Å². The van der Waals surface area contributed by atoms with E-state index in [4.69, 9.17) is 4.63 Å². The lowest BCUT2D eigenvalue weighted by Crippen LogP contribution is -2.31. The van der Waals surface area contributed by atoms with Gasteiger partial charge in [0, 0.05) is 17.7 Å². The quantitative estimate of drug-likeness (QED) is 0.835. The van der Waals surface area contributed by atoms with Crippen LogP contribution in [0.25, 0.3) is 0 Å². The van der Waals surface area contributed by atoms with Crippen molar-refractivity contribution in [3.63, 3.8) is 0 Å². The summed E-state index contributed by atoms with van der Waals surface area (Å²) in [5, 5.41) is 14.1. The second-order valence-electron chi connectivity index (χ2n) is 7.05. The number of nitrogens with zero attached hydrogens (tertiary/aromatic N) is 2. The van der Waals surface area contributed by atoms with Gasteiger partial charge in [0.15, 0.2) is 5.78 Å². The molecule has 1 aromatic heterocycles. The topological polar surface area (TPSA) is 80.1 Å². The van der Waals surface area contributed by atoms with E-state index in [2.05, 4.69) is 34.8 Å². The van der Waals surface area contributed by atoms with E-state index in [-0.39, 0.29) is 17.0 Å². The lowest BCUT2D eigenvalue weighted by molar-refractivity contribution is -0.118. The highest BCUT2D eigenvalue weighted by molar-refractivity contribution is 6.00. The third kappa shape index (κ3) is 2.46. The molecule has 0 bridgehead atoms. The van der Waals surface area contributed by atoms with Crippen molar-refractivity contribution in [1.29, 1.82) is 0 Å². The molecule has 124 valence electrons. The number of nitrogens with one attached hydrogen (secondary N) is 2. The number of carbonyl (C=O) groups excluding carboxylic acids is 1. The van der Waals surface area contributed by atoms with E-state index >= 15 is 0 Å². The van der Waals surface area contributed by atoms with Crippen molar-refractivity contribution >= 4 is 17.4 Å². The molecule has 0 saturated heterocycles. The normalized spacial score (nSPS) is 22.1. The maximum atomic E-state index is 13.3. The van der Waals surface area contributed by atoms with Gasteiger partial charge in [-0.25, -0.2) is 9.02 Å². The summed E-state index contributed by atoms with van der Waals surface area (Å²) in [6.07, 6.45) is 1.17. The van der Waals surface area contributed by atoms with E-state index in [0.29, 0.717) is 30.1 Å². The Kier molecular flexibility index (Phi) is 3.19. The first-order valence-corrected chi connectivity index (χ1v) is 7.81. The van der Waals surface area contributed by atoms with E-state index in [1.165, 1.54) is 12.1 Å². The van der Waals surface area contributed by atoms with Crippen LogP contribution in [0.5, 0.6) is 0 Å². The van der Waals surface area contributed by atoms with Crippen LogP contribution >= 0.6 is 0 Å². The number of hydrogen-bond acceptors (Lipinski definition) is 6. The molecule has 2 heterocycles. The predicted molar refractivity (Wildman–Crippen MR) is 85.7 cm³/mol. The van der Waals surface area contributed by atoms with E-state index in [1.807, 2.05) is 0 Å². The first-order valence-electron chi connectivity index (χ1n) is 7.81. The van der Waals surface area contributed by atoms with Gasteiger partial charge in [0.25, 0.3) is 0 Å². The fraction of sp³-hybridized carbons (Fsp3) is 0.353. The molecule has 0 spiro atoms. The summed E-state index contributed by atoms with van der Waals surface area (Å²) in [6.45, 7) is 4.12. The van der Waals surface area contributed by atoms with Crippen LogP contribution in [0.3, 0.4) is 0 Å². The number of aromatic nitrogens is 2. The predicted octanol–water partition coefficient (Wildman–Crippen LogP) is 3.43. The molecule has 1 aliphatic carbocycles. The minimum absolute atomic E-state index is 0.0673. The summed E-state index contributed by atoms with van der Waals surface area (Å²) in [5.74, 6) is 0.638. The van der Waals surface area contributed by atoms with E-state index in [0.717, 1.165) is 11.3 Å². The number of Topliss-reactive ketones (excluding diaryl/α,β-unsaturated/α-hetero) is 1. The molecule has 0 saturated carbocycles. The Morgan fingerprint density at radius 3 is 2.62 bits per heavy atom. The molecule has 24 heavy (non-hydrogen) atoms. The Labute approximate surface area is 138 Å². The van der Waals surface area contributed by atoms with Crippen molar-refractivity contribution in [1.82, 2.24) is 10.3 Å². The van der Waals surface area contributed by atoms with E-state index in [1.54, 1.807) is 12.1 Å². The van der Waals surface area contributed by atoms with Crippen LogP contribution in [0, 0.1) is 11.2 Å². The molecule has 0 amide bonds. The third-order valence-electron chi connectivity index (χ3n) is 4.45. The zero-order chi connectivity index (χ0) is 16.9.